The topological polar surface area (TPSA) is 38.7 Å². The second-order valence-electron chi connectivity index (χ2n) is 7.51. The van der Waals surface area contributed by atoms with Gasteiger partial charge in [0, 0.05) is 24.0 Å². The van der Waals surface area contributed by atoms with Gasteiger partial charge in [0.2, 0.25) is 0 Å². The summed E-state index contributed by atoms with van der Waals surface area (Å²) in [5.41, 5.74) is 2.54. The number of hydrogen-bond donors (Lipinski definition) is 1. The van der Waals surface area contributed by atoms with E-state index in [2.05, 4.69) is 26.2 Å². The van der Waals surface area contributed by atoms with Crippen molar-refractivity contribution in [1.82, 2.24) is 0 Å². The number of hydrogen-bond acceptors (Lipinski definition) is 3. The Bertz CT molecular complexity index is 658. The van der Waals surface area contributed by atoms with Crippen molar-refractivity contribution in [2.45, 2.75) is 37.0 Å². The van der Waals surface area contributed by atoms with Crippen LogP contribution >= 0.6 is 0 Å². The molecule has 0 bridgehead atoms. The Morgan fingerprint density at radius 2 is 2.13 bits per heavy atom. The molecule has 3 aliphatic rings. The molecular formula is C18H24BrNO3. The minimum atomic E-state index is -0.412. The molecule has 0 amide bonds. The SMILES string of the molecule is COc1ccc2c3c1OC1CC(O)C=CC31CC[N+](C)(C)C2.[Br-]. The van der Waals surface area contributed by atoms with Crippen LogP contribution in [0, 0.1) is 0 Å². The van der Waals surface area contributed by atoms with Crippen LogP contribution in [0.2, 0.25) is 0 Å². The summed E-state index contributed by atoms with van der Waals surface area (Å²) in [6, 6.07) is 4.21. The van der Waals surface area contributed by atoms with Crippen LogP contribution in [0.5, 0.6) is 11.5 Å². The van der Waals surface area contributed by atoms with E-state index in [0.717, 1.165) is 35.5 Å². The maximum atomic E-state index is 10.0. The largest absolute Gasteiger partial charge is 1.00 e. The van der Waals surface area contributed by atoms with Crippen LogP contribution in [0.25, 0.3) is 0 Å². The molecule has 1 N–H and O–H groups in total. The van der Waals surface area contributed by atoms with Gasteiger partial charge in [0.1, 0.15) is 12.6 Å². The van der Waals surface area contributed by atoms with Crippen molar-refractivity contribution in [2.75, 3.05) is 27.7 Å². The second-order valence-corrected chi connectivity index (χ2v) is 7.51. The maximum absolute atomic E-state index is 10.0. The molecule has 1 aromatic rings. The first kappa shape index (κ1) is 16.8. The lowest BCUT2D eigenvalue weighted by atomic mass is 9.69. The summed E-state index contributed by atoms with van der Waals surface area (Å²) in [6.07, 6.45) is 5.44. The van der Waals surface area contributed by atoms with Crippen LogP contribution in [0.1, 0.15) is 24.0 Å². The van der Waals surface area contributed by atoms with Gasteiger partial charge in [-0.3, -0.25) is 0 Å². The molecule has 4 nitrogen and oxygen atoms in total. The number of aliphatic hydroxyl groups excluding tert-OH is 1. The van der Waals surface area contributed by atoms with Gasteiger partial charge >= 0.3 is 0 Å². The lowest BCUT2D eigenvalue weighted by Gasteiger charge is -2.36. The predicted molar refractivity (Wildman–Crippen MR) is 84.1 cm³/mol. The molecular weight excluding hydrogens is 358 g/mol. The van der Waals surface area contributed by atoms with Crippen molar-refractivity contribution in [3.63, 3.8) is 0 Å². The van der Waals surface area contributed by atoms with E-state index in [1.54, 1.807) is 7.11 Å². The van der Waals surface area contributed by atoms with E-state index in [9.17, 15) is 5.11 Å². The summed E-state index contributed by atoms with van der Waals surface area (Å²) in [5.74, 6) is 1.70. The number of benzene rings is 1. The van der Waals surface area contributed by atoms with Gasteiger partial charge in [-0.15, -0.1) is 0 Å². The molecule has 1 spiro atoms. The van der Waals surface area contributed by atoms with Crippen LogP contribution in [0.3, 0.4) is 0 Å². The number of ether oxygens (including phenoxy) is 2. The third-order valence-electron chi connectivity index (χ3n) is 5.53. The Morgan fingerprint density at radius 1 is 1.35 bits per heavy atom. The molecule has 0 saturated carbocycles. The Kier molecular flexibility index (Phi) is 4.02. The summed E-state index contributed by atoms with van der Waals surface area (Å²) in [6.45, 7) is 2.09. The molecule has 0 saturated heterocycles. The first-order valence-electron chi connectivity index (χ1n) is 8.02. The second kappa shape index (κ2) is 5.50. The first-order valence-corrected chi connectivity index (χ1v) is 8.02. The molecule has 0 aromatic heterocycles. The quantitative estimate of drug-likeness (QED) is 0.500. The average molecular weight is 382 g/mol. The molecule has 0 radical (unpaired) electrons. The molecule has 4 rings (SSSR count). The van der Waals surface area contributed by atoms with Crippen LogP contribution in [-0.2, 0) is 12.0 Å². The van der Waals surface area contributed by atoms with Gasteiger partial charge < -0.3 is 36.0 Å². The number of methoxy groups -OCH3 is 1. The zero-order chi connectivity index (χ0) is 15.5. The van der Waals surface area contributed by atoms with Gasteiger partial charge in [-0.1, -0.05) is 12.2 Å². The summed E-state index contributed by atoms with van der Waals surface area (Å²) in [7, 11) is 6.26. The average Bonchev–Trinajstić information content (AvgIpc) is 2.74. The first-order chi connectivity index (χ1) is 10.5. The fraction of sp³-hybridized carbons (Fsp3) is 0.556. The minimum Gasteiger partial charge on any atom is -1.00 e. The molecule has 126 valence electrons. The van der Waals surface area contributed by atoms with E-state index in [0.29, 0.717) is 6.42 Å². The lowest BCUT2D eigenvalue weighted by Crippen LogP contribution is -3.00. The fourth-order valence-electron chi connectivity index (χ4n) is 4.36. The number of rotatable bonds is 1. The molecule has 2 aliphatic heterocycles. The van der Waals surface area contributed by atoms with Crippen molar-refractivity contribution in [1.29, 1.82) is 0 Å². The zero-order valence-electron chi connectivity index (χ0n) is 13.9. The molecule has 0 fully saturated rings. The molecule has 3 unspecified atom stereocenters. The van der Waals surface area contributed by atoms with Crippen LogP contribution in [0.15, 0.2) is 24.3 Å². The summed E-state index contributed by atoms with van der Waals surface area (Å²) in [4.78, 5) is 0. The van der Waals surface area contributed by atoms with Crippen LogP contribution < -0.4 is 26.5 Å². The zero-order valence-corrected chi connectivity index (χ0v) is 15.5. The van der Waals surface area contributed by atoms with Gasteiger partial charge in [0.25, 0.3) is 0 Å². The third-order valence-corrected chi connectivity index (χ3v) is 5.53. The highest BCUT2D eigenvalue weighted by atomic mass is 79.9. The third kappa shape index (κ3) is 2.41. The van der Waals surface area contributed by atoms with Gasteiger partial charge in [0.05, 0.1) is 39.3 Å². The van der Waals surface area contributed by atoms with Crippen molar-refractivity contribution in [2.24, 2.45) is 0 Å². The minimum absolute atomic E-state index is 0. The number of quaternary nitrogens is 1. The lowest BCUT2D eigenvalue weighted by molar-refractivity contribution is -0.903. The van der Waals surface area contributed by atoms with Gasteiger partial charge in [0.15, 0.2) is 11.5 Å². The molecule has 3 atom stereocenters. The Morgan fingerprint density at radius 3 is 2.87 bits per heavy atom. The Balaban J connectivity index is 0.00000156. The summed E-state index contributed by atoms with van der Waals surface area (Å²) < 4.78 is 12.8. The van der Waals surface area contributed by atoms with Crippen LogP contribution in [0.4, 0.5) is 0 Å². The number of nitrogens with zero attached hydrogens (tertiary/aromatic N) is 1. The van der Waals surface area contributed by atoms with E-state index in [-0.39, 0.29) is 28.5 Å². The number of aliphatic hydroxyl groups is 1. The van der Waals surface area contributed by atoms with Gasteiger partial charge in [-0.05, 0) is 12.1 Å². The van der Waals surface area contributed by atoms with Crippen LogP contribution in [-0.4, -0.2) is 49.5 Å². The normalized spacial score (nSPS) is 32.9. The van der Waals surface area contributed by atoms with E-state index in [4.69, 9.17) is 9.47 Å². The van der Waals surface area contributed by atoms with Gasteiger partial charge in [-0.2, -0.15) is 0 Å². The Labute approximate surface area is 148 Å². The summed E-state index contributed by atoms with van der Waals surface area (Å²) in [5, 5.41) is 10.0. The van der Waals surface area contributed by atoms with E-state index in [1.807, 2.05) is 12.1 Å². The molecule has 5 heteroatoms. The maximum Gasteiger partial charge on any atom is 0.166 e. The monoisotopic (exact) mass is 381 g/mol. The predicted octanol–water partition coefficient (Wildman–Crippen LogP) is -1.00. The van der Waals surface area contributed by atoms with Crippen molar-refractivity contribution in [3.8, 4) is 11.5 Å². The highest BCUT2D eigenvalue weighted by Crippen LogP contribution is 2.56. The number of halogens is 1. The standard InChI is InChI=1S/C18H24NO3.BrH/c1-19(2)9-8-18-7-6-13(20)10-15(18)22-17-14(21-3)5-4-12(11-19)16(17)18;/h4-7,13,15,20H,8-11H2,1-3H3;1H/q+1;/p-1. The summed E-state index contributed by atoms with van der Waals surface area (Å²) >= 11 is 0. The van der Waals surface area contributed by atoms with Crippen molar-refractivity contribution in [3.05, 3.63) is 35.4 Å². The van der Waals surface area contributed by atoms with E-state index in [1.165, 1.54) is 11.1 Å². The van der Waals surface area contributed by atoms with E-state index < -0.39 is 6.10 Å². The van der Waals surface area contributed by atoms with Gasteiger partial charge in [-0.25, -0.2) is 0 Å². The van der Waals surface area contributed by atoms with Crippen molar-refractivity contribution < 1.29 is 36.0 Å². The molecule has 1 aliphatic carbocycles. The highest BCUT2D eigenvalue weighted by Gasteiger charge is 2.54. The smallest absolute Gasteiger partial charge is 0.166 e. The molecule has 2 heterocycles. The molecule has 23 heavy (non-hydrogen) atoms. The van der Waals surface area contributed by atoms with E-state index >= 15 is 0 Å². The molecule has 1 aromatic carbocycles. The Hall–Kier alpha value is -1.04. The fourth-order valence-corrected chi connectivity index (χ4v) is 4.36. The highest BCUT2D eigenvalue weighted by molar-refractivity contribution is 5.60. The van der Waals surface area contributed by atoms with Crippen molar-refractivity contribution >= 4 is 0 Å².